The molecule has 2 amide bonds. The van der Waals surface area contributed by atoms with Crippen molar-refractivity contribution in [1.29, 1.82) is 5.26 Å². The quantitative estimate of drug-likeness (QED) is 0.613. The van der Waals surface area contributed by atoms with Gasteiger partial charge in [-0.2, -0.15) is 5.26 Å². The van der Waals surface area contributed by atoms with Gasteiger partial charge in [0.05, 0.1) is 23.3 Å². The molecule has 0 aromatic heterocycles. The minimum Gasteiger partial charge on any atom is -0.493 e. The van der Waals surface area contributed by atoms with Crippen LogP contribution in [0, 0.1) is 11.3 Å². The molecule has 2 aromatic carbocycles. The van der Waals surface area contributed by atoms with Crippen LogP contribution in [0.25, 0.3) is 0 Å². The monoisotopic (exact) mass is 445 g/mol. The van der Waals surface area contributed by atoms with Gasteiger partial charge < -0.3 is 15.0 Å². The third kappa shape index (κ3) is 5.44. The van der Waals surface area contributed by atoms with Crippen molar-refractivity contribution in [2.75, 3.05) is 18.5 Å². The number of likely N-dealkylation sites (tertiary alicyclic amines) is 1. The Balaban J connectivity index is 1.67. The predicted octanol–water partition coefficient (Wildman–Crippen LogP) is 4.92. The van der Waals surface area contributed by atoms with E-state index in [0.717, 1.165) is 6.42 Å². The summed E-state index contributed by atoms with van der Waals surface area (Å²) in [6.07, 6.45) is 2.36. The highest BCUT2D eigenvalue weighted by atomic mass is 35.5. The van der Waals surface area contributed by atoms with Crippen LogP contribution in [0.3, 0.4) is 0 Å². The Hall–Kier alpha value is -2.75. The number of nitrogens with zero attached hydrogens (tertiary/aromatic N) is 2. The van der Waals surface area contributed by atoms with Crippen molar-refractivity contribution in [3.8, 4) is 11.8 Å². The Morgan fingerprint density at radius 3 is 2.87 bits per heavy atom. The van der Waals surface area contributed by atoms with Gasteiger partial charge in [-0.25, -0.2) is 0 Å². The number of unbranched alkanes of at least 4 members (excludes halogenated alkanes) is 1. The highest BCUT2D eigenvalue weighted by Crippen LogP contribution is 2.27. The van der Waals surface area contributed by atoms with Gasteiger partial charge in [-0.15, -0.1) is 0 Å². The lowest BCUT2D eigenvalue weighted by Gasteiger charge is -2.24. The third-order valence-electron chi connectivity index (χ3n) is 4.78. The minimum atomic E-state index is -0.590. The fourth-order valence-corrected chi connectivity index (χ4v) is 3.70. The summed E-state index contributed by atoms with van der Waals surface area (Å²) in [4.78, 5) is 27.4. The lowest BCUT2D eigenvalue weighted by atomic mass is 10.1. The molecule has 1 fully saturated rings. The number of rotatable bonds is 7. The van der Waals surface area contributed by atoms with Gasteiger partial charge in [-0.1, -0.05) is 29.3 Å². The summed E-state index contributed by atoms with van der Waals surface area (Å²) in [5.41, 5.74) is 0.870. The molecular formula is C22H21Cl2N3O3. The average Bonchev–Trinajstić information content (AvgIpc) is 3.23. The summed E-state index contributed by atoms with van der Waals surface area (Å²) in [6.45, 7) is 0.901. The maximum absolute atomic E-state index is 13.0. The standard InChI is InChI=1S/C22H21Cl2N3O3/c23-15-8-9-19(24)18(13-15)22(29)27-11-4-7-20(27)21(28)26-16-5-3-6-17(14-16)30-12-2-1-10-25/h3,5-6,8-9,13-14,20H,1-2,4,7,11-12H2,(H,26,28). The van der Waals surface area contributed by atoms with E-state index in [0.29, 0.717) is 53.9 Å². The first kappa shape index (κ1) is 21.9. The van der Waals surface area contributed by atoms with Crippen LogP contribution >= 0.6 is 23.2 Å². The number of halogens is 2. The summed E-state index contributed by atoms with van der Waals surface area (Å²) >= 11 is 12.2. The number of benzene rings is 2. The Bertz CT molecular complexity index is 974. The van der Waals surface area contributed by atoms with Gasteiger partial charge in [0.15, 0.2) is 0 Å². The first-order valence-corrected chi connectivity index (χ1v) is 10.4. The van der Waals surface area contributed by atoms with E-state index in [9.17, 15) is 9.59 Å². The molecule has 3 rings (SSSR count). The zero-order valence-corrected chi connectivity index (χ0v) is 17.7. The molecule has 1 saturated heterocycles. The van der Waals surface area contributed by atoms with Gasteiger partial charge in [-0.05, 0) is 49.6 Å². The lowest BCUT2D eigenvalue weighted by Crippen LogP contribution is -2.43. The summed E-state index contributed by atoms with van der Waals surface area (Å²) in [7, 11) is 0. The number of carbonyl (C=O) groups is 2. The van der Waals surface area contributed by atoms with Crippen molar-refractivity contribution in [2.45, 2.75) is 31.7 Å². The van der Waals surface area contributed by atoms with E-state index in [1.165, 1.54) is 11.0 Å². The van der Waals surface area contributed by atoms with Crippen LogP contribution in [-0.4, -0.2) is 35.9 Å². The van der Waals surface area contributed by atoms with Gasteiger partial charge in [0.1, 0.15) is 11.8 Å². The molecule has 8 heteroatoms. The van der Waals surface area contributed by atoms with E-state index >= 15 is 0 Å². The summed E-state index contributed by atoms with van der Waals surface area (Å²) in [5, 5.41) is 12.2. The molecule has 0 saturated carbocycles. The van der Waals surface area contributed by atoms with E-state index in [1.807, 2.05) is 0 Å². The van der Waals surface area contributed by atoms with Crippen molar-refractivity contribution < 1.29 is 14.3 Å². The highest BCUT2D eigenvalue weighted by Gasteiger charge is 2.35. The topological polar surface area (TPSA) is 82.4 Å². The molecule has 0 bridgehead atoms. The maximum Gasteiger partial charge on any atom is 0.256 e. The minimum absolute atomic E-state index is 0.263. The fraction of sp³-hybridized carbons (Fsp3) is 0.318. The molecule has 30 heavy (non-hydrogen) atoms. The molecule has 0 aliphatic carbocycles. The number of hydrogen-bond donors (Lipinski definition) is 1. The zero-order valence-electron chi connectivity index (χ0n) is 16.2. The van der Waals surface area contributed by atoms with Gasteiger partial charge >= 0.3 is 0 Å². The molecule has 156 valence electrons. The van der Waals surface area contributed by atoms with E-state index < -0.39 is 6.04 Å². The second-order valence-corrected chi connectivity index (χ2v) is 7.75. The van der Waals surface area contributed by atoms with Crippen LogP contribution in [0.4, 0.5) is 5.69 Å². The molecule has 1 aliphatic rings. The van der Waals surface area contributed by atoms with Crippen LogP contribution in [-0.2, 0) is 4.79 Å². The van der Waals surface area contributed by atoms with Crippen molar-refractivity contribution >= 4 is 40.7 Å². The Morgan fingerprint density at radius 2 is 2.07 bits per heavy atom. The number of anilines is 1. The summed E-state index contributed by atoms with van der Waals surface area (Å²) < 4.78 is 5.60. The van der Waals surface area contributed by atoms with E-state index in [2.05, 4.69) is 11.4 Å². The Kier molecular flexibility index (Phi) is 7.56. The molecule has 1 aliphatic heterocycles. The Labute approximate surface area is 185 Å². The normalized spacial score (nSPS) is 15.5. The van der Waals surface area contributed by atoms with Crippen LogP contribution < -0.4 is 10.1 Å². The second kappa shape index (κ2) is 10.3. The third-order valence-corrected chi connectivity index (χ3v) is 5.34. The number of nitriles is 1. The lowest BCUT2D eigenvalue weighted by molar-refractivity contribution is -0.119. The zero-order chi connectivity index (χ0) is 21.5. The van der Waals surface area contributed by atoms with E-state index in [4.69, 9.17) is 33.2 Å². The predicted molar refractivity (Wildman–Crippen MR) is 116 cm³/mol. The molecule has 0 spiro atoms. The van der Waals surface area contributed by atoms with Crippen molar-refractivity contribution in [2.24, 2.45) is 0 Å². The number of hydrogen-bond acceptors (Lipinski definition) is 4. The first-order valence-electron chi connectivity index (χ1n) is 9.66. The highest BCUT2D eigenvalue weighted by molar-refractivity contribution is 6.35. The van der Waals surface area contributed by atoms with Gasteiger partial charge in [0.2, 0.25) is 5.91 Å². The van der Waals surface area contributed by atoms with E-state index in [1.54, 1.807) is 36.4 Å². The maximum atomic E-state index is 13.0. The average molecular weight is 446 g/mol. The number of amides is 2. The molecule has 2 aromatic rings. The van der Waals surface area contributed by atoms with Crippen LogP contribution in [0.2, 0.25) is 10.0 Å². The van der Waals surface area contributed by atoms with Crippen LogP contribution in [0.1, 0.15) is 36.0 Å². The van der Waals surface area contributed by atoms with Gasteiger partial charge in [0, 0.05) is 29.7 Å². The van der Waals surface area contributed by atoms with Crippen LogP contribution in [0.15, 0.2) is 42.5 Å². The number of nitrogens with one attached hydrogen (secondary N) is 1. The SMILES string of the molecule is N#CCCCOc1cccc(NC(=O)C2CCCN2C(=O)c2cc(Cl)ccc2Cl)c1. The van der Waals surface area contributed by atoms with Gasteiger partial charge in [-0.3, -0.25) is 9.59 Å². The van der Waals surface area contributed by atoms with Crippen molar-refractivity contribution in [3.05, 3.63) is 58.1 Å². The van der Waals surface area contributed by atoms with E-state index in [-0.39, 0.29) is 17.4 Å². The van der Waals surface area contributed by atoms with Crippen LogP contribution in [0.5, 0.6) is 5.75 Å². The van der Waals surface area contributed by atoms with Crippen molar-refractivity contribution in [3.63, 3.8) is 0 Å². The number of carbonyl (C=O) groups excluding carboxylic acids is 2. The molecule has 1 atom stereocenters. The molecule has 1 N–H and O–H groups in total. The Morgan fingerprint density at radius 1 is 1.23 bits per heavy atom. The molecule has 0 radical (unpaired) electrons. The molecular weight excluding hydrogens is 425 g/mol. The smallest absolute Gasteiger partial charge is 0.256 e. The molecule has 1 unspecified atom stereocenters. The largest absolute Gasteiger partial charge is 0.493 e. The second-order valence-electron chi connectivity index (χ2n) is 6.91. The first-order chi connectivity index (χ1) is 14.5. The molecule has 1 heterocycles. The fourth-order valence-electron chi connectivity index (χ4n) is 3.33. The molecule has 6 nitrogen and oxygen atoms in total. The summed E-state index contributed by atoms with van der Waals surface area (Å²) in [5.74, 6) is 0.0335. The number of ether oxygens (including phenoxy) is 1. The summed E-state index contributed by atoms with van der Waals surface area (Å²) in [6, 6.07) is 13.2. The van der Waals surface area contributed by atoms with Crippen molar-refractivity contribution in [1.82, 2.24) is 4.90 Å². The van der Waals surface area contributed by atoms with Gasteiger partial charge in [0.25, 0.3) is 5.91 Å².